The number of anilines is 1. The number of unbranched alkanes of at least 4 members (excludes halogenated alkanes) is 1. The summed E-state index contributed by atoms with van der Waals surface area (Å²) in [5.74, 6) is 1.96. The fourth-order valence-corrected chi connectivity index (χ4v) is 5.88. The highest BCUT2D eigenvalue weighted by Gasteiger charge is 2.30. The summed E-state index contributed by atoms with van der Waals surface area (Å²) in [6.07, 6.45) is 12.1. The summed E-state index contributed by atoms with van der Waals surface area (Å²) in [6, 6.07) is 4.83. The predicted octanol–water partition coefficient (Wildman–Crippen LogP) is 3.76. The van der Waals surface area contributed by atoms with Crippen LogP contribution in [0.5, 0.6) is 5.75 Å². The van der Waals surface area contributed by atoms with Gasteiger partial charge < -0.3 is 30.1 Å². The van der Waals surface area contributed by atoms with E-state index < -0.39 is 11.9 Å². The molecule has 4 rings (SSSR count). The van der Waals surface area contributed by atoms with Crippen LogP contribution in [0.3, 0.4) is 0 Å². The van der Waals surface area contributed by atoms with Crippen LogP contribution < -0.4 is 15.0 Å². The summed E-state index contributed by atoms with van der Waals surface area (Å²) >= 11 is 0. The number of piperidine rings is 1. The molecule has 0 aliphatic carbocycles. The van der Waals surface area contributed by atoms with Crippen LogP contribution in [0.1, 0.15) is 69.4 Å². The largest absolute Gasteiger partial charge is 0.493 e. The number of carbonyl (C=O) groups excluding carboxylic acids is 1. The number of nitrogens with zero attached hydrogens (tertiary/aromatic N) is 4. The number of ether oxygens (including phenoxy) is 1. The van der Waals surface area contributed by atoms with Gasteiger partial charge in [-0.15, -0.1) is 0 Å². The molecular weight excluding hydrogens is 549 g/mol. The van der Waals surface area contributed by atoms with Gasteiger partial charge in [0, 0.05) is 57.1 Å². The predicted molar refractivity (Wildman–Crippen MR) is 166 cm³/mol. The van der Waals surface area contributed by atoms with Gasteiger partial charge in [0.15, 0.2) is 0 Å². The van der Waals surface area contributed by atoms with Gasteiger partial charge in [-0.1, -0.05) is 19.4 Å². The lowest BCUT2D eigenvalue weighted by molar-refractivity contribution is -0.136. The smallest absolute Gasteiger partial charge is 0.227 e. The second-order valence-corrected chi connectivity index (χ2v) is 12.2. The number of aliphatic hydroxyl groups excluding tert-OH is 2. The van der Waals surface area contributed by atoms with Crippen LogP contribution in [-0.2, 0) is 17.6 Å². The minimum absolute atomic E-state index is 0.0482. The molecule has 1 aromatic heterocycles. The Morgan fingerprint density at radius 2 is 1.91 bits per heavy atom. The Labute approximate surface area is 255 Å². The number of aromatic nitrogens is 2. The van der Waals surface area contributed by atoms with Crippen molar-refractivity contribution in [2.24, 2.45) is 11.8 Å². The van der Waals surface area contributed by atoms with Gasteiger partial charge in [-0.2, -0.15) is 0 Å². The van der Waals surface area contributed by atoms with Crippen LogP contribution >= 0.6 is 0 Å². The minimum atomic E-state index is -0.625. The van der Waals surface area contributed by atoms with Gasteiger partial charge in [0.2, 0.25) is 11.9 Å². The van der Waals surface area contributed by atoms with Crippen molar-refractivity contribution < 1.29 is 24.1 Å². The van der Waals surface area contributed by atoms with Crippen LogP contribution in [0.25, 0.3) is 0 Å². The molecule has 2 fully saturated rings. The monoisotopic (exact) mass is 599 g/mol. The zero-order chi connectivity index (χ0) is 30.4. The van der Waals surface area contributed by atoms with Crippen molar-refractivity contribution in [1.29, 1.82) is 0 Å². The van der Waals surface area contributed by atoms with E-state index in [-0.39, 0.29) is 18.9 Å². The van der Waals surface area contributed by atoms with E-state index in [2.05, 4.69) is 27.1 Å². The Morgan fingerprint density at radius 1 is 1.14 bits per heavy atom. The summed E-state index contributed by atoms with van der Waals surface area (Å²) in [6.45, 7) is 7.54. The van der Waals surface area contributed by atoms with Gasteiger partial charge in [0.05, 0.1) is 25.7 Å². The lowest BCUT2D eigenvalue weighted by Crippen LogP contribution is -2.53. The number of amides is 1. The molecule has 0 spiro atoms. The molecule has 3 heterocycles. The molecule has 1 unspecified atom stereocenters. The van der Waals surface area contributed by atoms with E-state index in [4.69, 9.17) is 9.84 Å². The van der Waals surface area contributed by atoms with Crippen LogP contribution in [-0.4, -0.2) is 89.6 Å². The first-order valence-electron chi connectivity index (χ1n) is 16.2. The molecule has 0 saturated carbocycles. The van der Waals surface area contributed by atoms with Gasteiger partial charge in [0.1, 0.15) is 11.6 Å². The van der Waals surface area contributed by atoms with Crippen molar-refractivity contribution in [3.8, 4) is 5.75 Å². The zero-order valence-corrected chi connectivity index (χ0v) is 25.7. The summed E-state index contributed by atoms with van der Waals surface area (Å²) < 4.78 is 20.6. The first-order chi connectivity index (χ1) is 20.9. The minimum Gasteiger partial charge on any atom is -0.493 e. The molecule has 1 atom stereocenters. The highest BCUT2D eigenvalue weighted by Crippen LogP contribution is 2.25. The zero-order valence-electron chi connectivity index (χ0n) is 25.7. The Bertz CT molecular complexity index is 1110. The molecule has 2 aromatic rings. The molecule has 1 amide bonds. The Hall–Kier alpha value is -2.82. The lowest BCUT2D eigenvalue weighted by Gasteiger charge is -2.39. The summed E-state index contributed by atoms with van der Waals surface area (Å²) in [5.41, 5.74) is 1.59. The number of aryl methyl sites for hydroxylation is 1. The normalized spacial score (nSPS) is 16.7. The van der Waals surface area contributed by atoms with Gasteiger partial charge in [-0.3, -0.25) is 4.79 Å². The van der Waals surface area contributed by atoms with E-state index in [1.54, 1.807) is 17.0 Å². The number of aliphatic hydroxyl groups is 2. The van der Waals surface area contributed by atoms with Crippen LogP contribution in [0, 0.1) is 17.7 Å². The average Bonchev–Trinajstić information content (AvgIpc) is 3.00. The second kappa shape index (κ2) is 17.5. The molecule has 2 aliphatic heterocycles. The van der Waals surface area contributed by atoms with E-state index in [1.165, 1.54) is 11.6 Å². The van der Waals surface area contributed by atoms with Gasteiger partial charge in [-0.25, -0.2) is 14.4 Å². The summed E-state index contributed by atoms with van der Waals surface area (Å²) in [4.78, 5) is 25.8. The highest BCUT2D eigenvalue weighted by atomic mass is 19.1. The molecular formula is C33H50FN5O4. The van der Waals surface area contributed by atoms with Crippen molar-refractivity contribution in [2.45, 2.75) is 77.2 Å². The standard InChI is InChI=1S/C33H50FN5O4/c1-2-6-26-20-36-33(37-21-26)38-14-11-25(12-15-38)7-5-16-43-30-10-9-28(31(34)18-30)17-32(42)39-22-27(23-39)19-35-13-4-3-8-29(41)24-40/h9-10,18,20-21,25,27,29,35,40-41H,2-8,11-17,19,22-24H2,1H3. The summed E-state index contributed by atoms with van der Waals surface area (Å²) in [5, 5.41) is 21.6. The number of carbonyl (C=O) groups is 1. The molecule has 0 bridgehead atoms. The van der Waals surface area contributed by atoms with Gasteiger partial charge >= 0.3 is 0 Å². The van der Waals surface area contributed by atoms with Gasteiger partial charge in [0.25, 0.3) is 0 Å². The van der Waals surface area contributed by atoms with E-state index >= 15 is 0 Å². The molecule has 0 radical (unpaired) electrons. The van der Waals surface area contributed by atoms with Crippen LogP contribution in [0.4, 0.5) is 10.3 Å². The Morgan fingerprint density at radius 3 is 2.60 bits per heavy atom. The third kappa shape index (κ3) is 10.7. The fourth-order valence-electron chi connectivity index (χ4n) is 5.88. The third-order valence-electron chi connectivity index (χ3n) is 8.61. The number of likely N-dealkylation sites (tertiary alicyclic amines) is 1. The Kier molecular flexibility index (Phi) is 13.4. The van der Waals surface area contributed by atoms with Crippen molar-refractivity contribution >= 4 is 11.9 Å². The van der Waals surface area contributed by atoms with Crippen molar-refractivity contribution in [3.05, 3.63) is 47.5 Å². The molecule has 1 aromatic carbocycles. The number of rotatable bonds is 18. The fraction of sp³-hybridized carbons (Fsp3) is 0.667. The maximum Gasteiger partial charge on any atom is 0.227 e. The molecule has 238 valence electrons. The van der Waals surface area contributed by atoms with Crippen LogP contribution in [0.15, 0.2) is 30.6 Å². The number of hydrogen-bond acceptors (Lipinski definition) is 8. The topological polar surface area (TPSA) is 111 Å². The number of halogens is 1. The first kappa shape index (κ1) is 33.1. The van der Waals surface area contributed by atoms with Crippen molar-refractivity contribution in [1.82, 2.24) is 20.2 Å². The van der Waals surface area contributed by atoms with Crippen molar-refractivity contribution in [3.63, 3.8) is 0 Å². The molecule has 10 heteroatoms. The third-order valence-corrected chi connectivity index (χ3v) is 8.61. The molecule has 9 nitrogen and oxygen atoms in total. The molecule has 2 saturated heterocycles. The SMILES string of the molecule is CCCc1cnc(N2CCC(CCCOc3ccc(CC(=O)N4CC(CNCCCCC(O)CO)C4)c(F)c3)CC2)nc1. The van der Waals surface area contributed by atoms with E-state index in [9.17, 15) is 14.3 Å². The maximum atomic E-state index is 14.7. The van der Waals surface area contributed by atoms with E-state index in [0.717, 1.165) is 83.5 Å². The van der Waals surface area contributed by atoms with Gasteiger partial charge in [-0.05, 0) is 81.0 Å². The quantitative estimate of drug-likeness (QED) is 0.222. The second-order valence-electron chi connectivity index (χ2n) is 12.2. The highest BCUT2D eigenvalue weighted by molar-refractivity contribution is 5.79. The summed E-state index contributed by atoms with van der Waals surface area (Å²) in [7, 11) is 0. The number of hydrogen-bond donors (Lipinski definition) is 3. The van der Waals surface area contributed by atoms with E-state index in [0.29, 0.717) is 49.3 Å². The lowest BCUT2D eigenvalue weighted by atomic mass is 9.92. The number of nitrogens with one attached hydrogen (secondary N) is 1. The van der Waals surface area contributed by atoms with Crippen LogP contribution in [0.2, 0.25) is 0 Å². The molecule has 2 aliphatic rings. The molecule has 43 heavy (non-hydrogen) atoms. The first-order valence-corrected chi connectivity index (χ1v) is 16.2. The Balaban J connectivity index is 1.06. The number of benzene rings is 1. The average molecular weight is 600 g/mol. The maximum absolute atomic E-state index is 14.7. The van der Waals surface area contributed by atoms with E-state index in [1.807, 2.05) is 12.4 Å². The molecule has 3 N–H and O–H groups in total. The van der Waals surface area contributed by atoms with Crippen molar-refractivity contribution in [2.75, 3.05) is 57.4 Å².